The molecule has 2 aliphatic rings. The predicted molar refractivity (Wildman–Crippen MR) is 73.8 cm³/mol. The highest BCUT2D eigenvalue weighted by molar-refractivity contribution is 7.86. The molecule has 0 amide bonds. The van der Waals surface area contributed by atoms with Gasteiger partial charge >= 0.3 is 10.3 Å². The number of hydrogen-bond donors (Lipinski definition) is 0. The van der Waals surface area contributed by atoms with E-state index in [1.807, 2.05) is 25.1 Å². The van der Waals surface area contributed by atoms with Gasteiger partial charge in [0.05, 0.1) is 5.71 Å². The summed E-state index contributed by atoms with van der Waals surface area (Å²) in [5.41, 5.74) is 2.38. The number of para-hydroxylation sites is 1. The Morgan fingerprint density at radius 1 is 1.21 bits per heavy atom. The molecule has 0 atom stereocenters. The smallest absolute Gasteiger partial charge is 0.365 e. The van der Waals surface area contributed by atoms with Crippen LogP contribution in [0.2, 0.25) is 0 Å². The summed E-state index contributed by atoms with van der Waals surface area (Å²) in [5.74, 6) is 0.700. The van der Waals surface area contributed by atoms with E-state index in [-0.39, 0.29) is 5.92 Å². The lowest BCUT2D eigenvalue weighted by Gasteiger charge is -2.27. The normalized spacial score (nSPS) is 22.3. The Balaban J connectivity index is 2.11. The van der Waals surface area contributed by atoms with Crippen molar-refractivity contribution in [1.82, 2.24) is 0 Å². The van der Waals surface area contributed by atoms with Crippen LogP contribution in [-0.2, 0) is 10.3 Å². The van der Waals surface area contributed by atoms with E-state index in [2.05, 4.69) is 4.40 Å². The molecule has 1 aliphatic heterocycles. The SMILES string of the molecule is Cc1cccc2c1OS(=O)(=O)N=C2C1CCCCC1. The number of fused-ring (bicyclic) bond motifs is 1. The highest BCUT2D eigenvalue weighted by Gasteiger charge is 2.31. The van der Waals surface area contributed by atoms with Gasteiger partial charge in [0.1, 0.15) is 0 Å². The molecule has 0 spiro atoms. The standard InChI is InChI=1S/C14H17NO3S/c1-10-6-5-9-12-13(11-7-3-2-4-8-11)15-19(16,17)18-14(10)12/h5-6,9,11H,2-4,7-8H2,1H3. The van der Waals surface area contributed by atoms with E-state index in [1.165, 1.54) is 6.42 Å². The number of rotatable bonds is 1. The molecule has 1 aromatic rings. The molecule has 102 valence electrons. The minimum absolute atomic E-state index is 0.243. The topological polar surface area (TPSA) is 55.7 Å². The molecule has 1 aromatic carbocycles. The summed E-state index contributed by atoms with van der Waals surface area (Å²) >= 11 is 0. The van der Waals surface area contributed by atoms with Gasteiger partial charge in [-0.1, -0.05) is 31.4 Å². The van der Waals surface area contributed by atoms with Crippen LogP contribution in [0.15, 0.2) is 22.6 Å². The van der Waals surface area contributed by atoms with Crippen LogP contribution in [0.1, 0.15) is 43.2 Å². The van der Waals surface area contributed by atoms with Crippen LogP contribution in [0.5, 0.6) is 5.75 Å². The first kappa shape index (κ1) is 12.7. The first-order valence-corrected chi connectivity index (χ1v) is 8.07. The van der Waals surface area contributed by atoms with Gasteiger partial charge in [-0.15, -0.1) is 4.40 Å². The molecule has 1 fully saturated rings. The lowest BCUT2D eigenvalue weighted by atomic mass is 9.83. The van der Waals surface area contributed by atoms with Crippen LogP contribution in [-0.4, -0.2) is 14.1 Å². The summed E-state index contributed by atoms with van der Waals surface area (Å²) in [6, 6.07) is 5.69. The average Bonchev–Trinajstić information content (AvgIpc) is 2.39. The number of aryl methyl sites for hydroxylation is 1. The molecule has 3 rings (SSSR count). The number of nitrogens with zero attached hydrogens (tertiary/aromatic N) is 1. The third-order valence-corrected chi connectivity index (χ3v) is 4.68. The van der Waals surface area contributed by atoms with Crippen LogP contribution in [0.3, 0.4) is 0 Å². The maximum absolute atomic E-state index is 11.8. The van der Waals surface area contributed by atoms with Crippen molar-refractivity contribution in [3.63, 3.8) is 0 Å². The van der Waals surface area contributed by atoms with Crippen molar-refractivity contribution in [1.29, 1.82) is 0 Å². The zero-order valence-electron chi connectivity index (χ0n) is 10.9. The number of hydrogen-bond acceptors (Lipinski definition) is 3. The van der Waals surface area contributed by atoms with E-state index in [1.54, 1.807) is 0 Å². The molecule has 19 heavy (non-hydrogen) atoms. The maximum Gasteiger partial charge on any atom is 0.428 e. The van der Waals surface area contributed by atoms with Gasteiger partial charge in [-0.05, 0) is 31.4 Å². The van der Waals surface area contributed by atoms with E-state index < -0.39 is 10.3 Å². The molecule has 0 saturated heterocycles. The molecular formula is C14H17NO3S. The molecule has 0 unspecified atom stereocenters. The molecule has 5 heteroatoms. The molecular weight excluding hydrogens is 262 g/mol. The average molecular weight is 279 g/mol. The summed E-state index contributed by atoms with van der Waals surface area (Å²) in [5, 5.41) is 0. The van der Waals surface area contributed by atoms with Crippen LogP contribution < -0.4 is 4.18 Å². The minimum atomic E-state index is -3.83. The van der Waals surface area contributed by atoms with Gasteiger partial charge < -0.3 is 4.18 Å². The zero-order valence-corrected chi connectivity index (χ0v) is 11.7. The van der Waals surface area contributed by atoms with E-state index in [0.29, 0.717) is 11.5 Å². The van der Waals surface area contributed by atoms with Crippen molar-refractivity contribution < 1.29 is 12.6 Å². The zero-order chi connectivity index (χ0) is 13.5. The third kappa shape index (κ3) is 2.39. The summed E-state index contributed by atoms with van der Waals surface area (Å²) in [6.07, 6.45) is 5.55. The van der Waals surface area contributed by atoms with Crippen LogP contribution >= 0.6 is 0 Å². The fraction of sp³-hybridized carbons (Fsp3) is 0.500. The summed E-state index contributed by atoms with van der Waals surface area (Å²) in [7, 11) is -3.83. The molecule has 1 saturated carbocycles. The third-order valence-electron chi connectivity index (χ3n) is 3.88. The summed E-state index contributed by atoms with van der Waals surface area (Å²) in [4.78, 5) is 0. The van der Waals surface area contributed by atoms with Crippen molar-refractivity contribution in [3.8, 4) is 5.75 Å². The second kappa shape index (κ2) is 4.63. The van der Waals surface area contributed by atoms with E-state index in [0.717, 1.165) is 36.8 Å². The second-order valence-corrected chi connectivity index (χ2v) is 6.48. The van der Waals surface area contributed by atoms with Crippen molar-refractivity contribution >= 4 is 16.0 Å². The Kier molecular flexibility index (Phi) is 3.09. The monoisotopic (exact) mass is 279 g/mol. The first-order valence-electron chi connectivity index (χ1n) is 6.71. The maximum atomic E-state index is 11.8. The van der Waals surface area contributed by atoms with Gasteiger partial charge in [0.25, 0.3) is 0 Å². The number of benzene rings is 1. The molecule has 0 aromatic heterocycles. The predicted octanol–water partition coefficient (Wildman–Crippen LogP) is 3.00. The molecule has 4 nitrogen and oxygen atoms in total. The summed E-state index contributed by atoms with van der Waals surface area (Å²) in [6.45, 7) is 1.86. The Morgan fingerprint density at radius 3 is 2.68 bits per heavy atom. The van der Waals surface area contributed by atoms with Gasteiger partial charge in [-0.2, -0.15) is 8.42 Å². The Labute approximate surface area is 113 Å². The fourth-order valence-corrected chi connectivity index (χ4v) is 3.89. The Bertz CT molecular complexity index is 628. The highest BCUT2D eigenvalue weighted by atomic mass is 32.2. The van der Waals surface area contributed by atoms with Crippen molar-refractivity contribution in [2.24, 2.45) is 10.3 Å². The van der Waals surface area contributed by atoms with E-state index >= 15 is 0 Å². The minimum Gasteiger partial charge on any atom is -0.365 e. The molecule has 0 N–H and O–H groups in total. The lowest BCUT2D eigenvalue weighted by molar-refractivity contribution is 0.434. The van der Waals surface area contributed by atoms with Gasteiger partial charge in [-0.3, -0.25) is 0 Å². The Morgan fingerprint density at radius 2 is 1.95 bits per heavy atom. The van der Waals surface area contributed by atoms with Crippen molar-refractivity contribution in [3.05, 3.63) is 29.3 Å². The quantitative estimate of drug-likeness (QED) is 0.794. The molecule has 1 aliphatic carbocycles. The largest absolute Gasteiger partial charge is 0.428 e. The van der Waals surface area contributed by atoms with Crippen LogP contribution in [0, 0.1) is 12.8 Å². The first-order chi connectivity index (χ1) is 9.07. The van der Waals surface area contributed by atoms with Crippen LogP contribution in [0.25, 0.3) is 0 Å². The Hall–Kier alpha value is -1.36. The fourth-order valence-electron chi connectivity index (χ4n) is 2.93. The van der Waals surface area contributed by atoms with Gasteiger partial charge in [0, 0.05) is 11.5 Å². The van der Waals surface area contributed by atoms with Crippen molar-refractivity contribution in [2.75, 3.05) is 0 Å². The van der Waals surface area contributed by atoms with Crippen molar-refractivity contribution in [2.45, 2.75) is 39.0 Å². The highest BCUT2D eigenvalue weighted by Crippen LogP contribution is 2.36. The van der Waals surface area contributed by atoms with E-state index in [9.17, 15) is 8.42 Å². The molecule has 0 bridgehead atoms. The van der Waals surface area contributed by atoms with Gasteiger partial charge in [0.15, 0.2) is 5.75 Å². The summed E-state index contributed by atoms with van der Waals surface area (Å²) < 4.78 is 32.6. The van der Waals surface area contributed by atoms with Gasteiger partial charge in [-0.25, -0.2) is 0 Å². The van der Waals surface area contributed by atoms with Crippen LogP contribution in [0.4, 0.5) is 0 Å². The second-order valence-electron chi connectivity index (χ2n) is 5.27. The van der Waals surface area contributed by atoms with Gasteiger partial charge in [0.2, 0.25) is 0 Å². The lowest BCUT2D eigenvalue weighted by Crippen LogP contribution is -2.26. The molecule has 1 heterocycles. The molecule has 0 radical (unpaired) electrons. The van der Waals surface area contributed by atoms with E-state index in [4.69, 9.17) is 4.18 Å².